The van der Waals surface area contributed by atoms with Gasteiger partial charge in [0.25, 0.3) is 0 Å². The van der Waals surface area contributed by atoms with Gasteiger partial charge in [0.1, 0.15) is 23.8 Å². The minimum atomic E-state index is -0.204. The van der Waals surface area contributed by atoms with Crippen molar-refractivity contribution in [3.8, 4) is 0 Å². The van der Waals surface area contributed by atoms with Crippen molar-refractivity contribution in [3.63, 3.8) is 0 Å². The van der Waals surface area contributed by atoms with E-state index in [9.17, 15) is 4.39 Å². The van der Waals surface area contributed by atoms with E-state index in [1.807, 2.05) is 24.3 Å². The van der Waals surface area contributed by atoms with E-state index < -0.39 is 0 Å². The highest BCUT2D eigenvalue weighted by Crippen LogP contribution is 2.20. The van der Waals surface area contributed by atoms with Crippen molar-refractivity contribution in [3.05, 3.63) is 78.4 Å². The summed E-state index contributed by atoms with van der Waals surface area (Å²) in [5, 5.41) is 3.34. The first-order valence-electron chi connectivity index (χ1n) is 9.63. The molecule has 3 aromatic rings. The van der Waals surface area contributed by atoms with Gasteiger partial charge in [0, 0.05) is 44.5 Å². The van der Waals surface area contributed by atoms with Crippen molar-refractivity contribution in [2.45, 2.75) is 6.42 Å². The number of nitrogens with zero attached hydrogens (tertiary/aromatic N) is 4. The molecule has 1 fully saturated rings. The molecule has 1 aliphatic rings. The van der Waals surface area contributed by atoms with E-state index in [2.05, 4.69) is 49.4 Å². The lowest BCUT2D eigenvalue weighted by Gasteiger charge is -2.36. The summed E-state index contributed by atoms with van der Waals surface area (Å²) in [7, 11) is 0. The number of hydrogen-bond acceptors (Lipinski definition) is 5. The average molecular weight is 377 g/mol. The Morgan fingerprint density at radius 2 is 1.57 bits per heavy atom. The van der Waals surface area contributed by atoms with Gasteiger partial charge >= 0.3 is 0 Å². The van der Waals surface area contributed by atoms with Crippen molar-refractivity contribution < 1.29 is 4.39 Å². The minimum absolute atomic E-state index is 0.204. The maximum absolute atomic E-state index is 13.0. The molecule has 4 rings (SSSR count). The Hall–Kier alpha value is -3.15. The summed E-state index contributed by atoms with van der Waals surface area (Å²) in [5.74, 6) is 1.56. The van der Waals surface area contributed by atoms with Crippen LogP contribution in [0.5, 0.6) is 0 Å². The molecule has 0 spiro atoms. The molecule has 0 saturated carbocycles. The molecule has 1 saturated heterocycles. The Morgan fingerprint density at radius 1 is 0.857 bits per heavy atom. The van der Waals surface area contributed by atoms with Gasteiger partial charge in [-0.15, -0.1) is 0 Å². The smallest absolute Gasteiger partial charge is 0.134 e. The predicted octanol–water partition coefficient (Wildman–Crippen LogP) is 3.60. The molecular formula is C22H24FN5. The van der Waals surface area contributed by atoms with Gasteiger partial charge in [0.15, 0.2) is 0 Å². The topological polar surface area (TPSA) is 44.3 Å². The molecule has 2 heterocycles. The molecule has 28 heavy (non-hydrogen) atoms. The summed E-state index contributed by atoms with van der Waals surface area (Å²) in [6.07, 6.45) is 2.43. The number of nitrogens with one attached hydrogen (secondary N) is 1. The van der Waals surface area contributed by atoms with Gasteiger partial charge in [-0.25, -0.2) is 14.4 Å². The van der Waals surface area contributed by atoms with E-state index >= 15 is 0 Å². The first-order valence-corrected chi connectivity index (χ1v) is 9.63. The summed E-state index contributed by atoms with van der Waals surface area (Å²) in [5.41, 5.74) is 2.37. The Bertz CT molecular complexity index is 877. The third-order valence-corrected chi connectivity index (χ3v) is 5.01. The molecule has 1 aliphatic heterocycles. The number of aromatic nitrogens is 2. The van der Waals surface area contributed by atoms with Gasteiger partial charge in [-0.05, 0) is 36.2 Å². The second-order valence-electron chi connectivity index (χ2n) is 6.87. The van der Waals surface area contributed by atoms with Gasteiger partial charge < -0.3 is 15.1 Å². The molecule has 1 aromatic heterocycles. The Morgan fingerprint density at radius 3 is 2.32 bits per heavy atom. The normalized spacial score (nSPS) is 14.2. The highest BCUT2D eigenvalue weighted by molar-refractivity contribution is 5.52. The lowest BCUT2D eigenvalue weighted by molar-refractivity contribution is 0.627. The van der Waals surface area contributed by atoms with Crippen LogP contribution in [-0.4, -0.2) is 42.7 Å². The van der Waals surface area contributed by atoms with Crippen LogP contribution in [0, 0.1) is 5.82 Å². The number of anilines is 3. The number of hydrogen-bond donors (Lipinski definition) is 1. The third-order valence-electron chi connectivity index (χ3n) is 5.01. The van der Waals surface area contributed by atoms with Gasteiger partial charge in [-0.3, -0.25) is 0 Å². The van der Waals surface area contributed by atoms with Crippen LogP contribution in [0.2, 0.25) is 0 Å². The first-order chi connectivity index (χ1) is 13.8. The monoisotopic (exact) mass is 377 g/mol. The number of para-hydroxylation sites is 1. The van der Waals surface area contributed by atoms with E-state index in [0.29, 0.717) is 0 Å². The maximum atomic E-state index is 13.0. The van der Waals surface area contributed by atoms with Crippen molar-refractivity contribution in [2.75, 3.05) is 47.8 Å². The van der Waals surface area contributed by atoms with Crippen LogP contribution < -0.4 is 15.1 Å². The number of benzene rings is 2. The van der Waals surface area contributed by atoms with E-state index in [1.54, 1.807) is 6.33 Å². The van der Waals surface area contributed by atoms with Crippen molar-refractivity contribution >= 4 is 17.3 Å². The van der Waals surface area contributed by atoms with Crippen molar-refractivity contribution in [2.24, 2.45) is 0 Å². The van der Waals surface area contributed by atoms with E-state index in [-0.39, 0.29) is 5.82 Å². The summed E-state index contributed by atoms with van der Waals surface area (Å²) < 4.78 is 13.0. The zero-order valence-corrected chi connectivity index (χ0v) is 15.8. The van der Waals surface area contributed by atoms with Crippen LogP contribution in [0.25, 0.3) is 0 Å². The molecule has 0 radical (unpaired) electrons. The Balaban J connectivity index is 1.31. The van der Waals surface area contributed by atoms with Gasteiger partial charge in [0.2, 0.25) is 0 Å². The molecule has 2 aromatic carbocycles. The van der Waals surface area contributed by atoms with Crippen LogP contribution in [0.15, 0.2) is 67.0 Å². The number of halogens is 1. The predicted molar refractivity (Wildman–Crippen MR) is 111 cm³/mol. The highest BCUT2D eigenvalue weighted by Gasteiger charge is 2.18. The standard InChI is InChI=1S/C22H24FN5/c23-19-8-6-18(7-9-19)10-11-24-21-16-22(26-17-25-21)28-14-12-27(13-15-28)20-4-2-1-3-5-20/h1-9,16-17H,10-15H2,(H,24,25,26). The quantitative estimate of drug-likeness (QED) is 0.711. The van der Waals surface area contributed by atoms with Gasteiger partial charge in [-0.1, -0.05) is 30.3 Å². The van der Waals surface area contributed by atoms with Crippen LogP contribution >= 0.6 is 0 Å². The lowest BCUT2D eigenvalue weighted by Crippen LogP contribution is -2.46. The van der Waals surface area contributed by atoms with Crippen molar-refractivity contribution in [1.82, 2.24) is 9.97 Å². The molecule has 0 bridgehead atoms. The third kappa shape index (κ3) is 4.57. The zero-order chi connectivity index (χ0) is 19.2. The molecule has 0 atom stereocenters. The van der Waals surface area contributed by atoms with Crippen LogP contribution in [-0.2, 0) is 6.42 Å². The molecule has 144 valence electrons. The number of piperazine rings is 1. The summed E-state index contributed by atoms with van der Waals surface area (Å²) in [6, 6.07) is 19.1. The fourth-order valence-electron chi connectivity index (χ4n) is 3.44. The largest absolute Gasteiger partial charge is 0.370 e. The molecule has 0 amide bonds. The number of rotatable bonds is 6. The van der Waals surface area contributed by atoms with E-state index in [4.69, 9.17) is 0 Å². The van der Waals surface area contributed by atoms with Crippen LogP contribution in [0.1, 0.15) is 5.56 Å². The fraction of sp³-hybridized carbons (Fsp3) is 0.273. The average Bonchev–Trinajstić information content (AvgIpc) is 2.76. The van der Waals surface area contributed by atoms with Crippen molar-refractivity contribution in [1.29, 1.82) is 0 Å². The Labute approximate surface area is 164 Å². The van der Waals surface area contributed by atoms with Crippen LogP contribution in [0.3, 0.4) is 0 Å². The lowest BCUT2D eigenvalue weighted by atomic mass is 10.1. The van der Waals surface area contributed by atoms with Crippen LogP contribution in [0.4, 0.5) is 21.7 Å². The molecular weight excluding hydrogens is 353 g/mol. The fourth-order valence-corrected chi connectivity index (χ4v) is 3.44. The molecule has 0 aliphatic carbocycles. The summed E-state index contributed by atoms with van der Waals surface area (Å²) in [4.78, 5) is 13.5. The van der Waals surface area contributed by atoms with E-state index in [0.717, 1.165) is 56.3 Å². The van der Waals surface area contributed by atoms with Gasteiger partial charge in [0.05, 0.1) is 0 Å². The molecule has 1 N–H and O–H groups in total. The molecule has 6 heteroatoms. The highest BCUT2D eigenvalue weighted by atomic mass is 19.1. The first kappa shape index (κ1) is 18.2. The summed E-state index contributed by atoms with van der Waals surface area (Å²) >= 11 is 0. The molecule has 5 nitrogen and oxygen atoms in total. The zero-order valence-electron chi connectivity index (χ0n) is 15.8. The second-order valence-corrected chi connectivity index (χ2v) is 6.87. The van der Waals surface area contributed by atoms with E-state index in [1.165, 1.54) is 17.8 Å². The van der Waals surface area contributed by atoms with Gasteiger partial charge in [-0.2, -0.15) is 0 Å². The molecule has 0 unspecified atom stereocenters. The Kier molecular flexibility index (Phi) is 5.66. The minimum Gasteiger partial charge on any atom is -0.370 e. The second kappa shape index (κ2) is 8.69. The maximum Gasteiger partial charge on any atom is 0.134 e. The SMILES string of the molecule is Fc1ccc(CCNc2cc(N3CCN(c4ccccc4)CC3)ncn2)cc1. The summed E-state index contributed by atoms with van der Waals surface area (Å²) in [6.45, 7) is 4.55.